The number of aromatic amines is 1. The molecule has 7 heteroatoms. The van der Waals surface area contributed by atoms with Crippen molar-refractivity contribution in [1.29, 1.82) is 0 Å². The van der Waals surface area contributed by atoms with Crippen LogP contribution in [0.1, 0.15) is 37.3 Å². The summed E-state index contributed by atoms with van der Waals surface area (Å²) in [4.78, 5) is 16.7. The molecule has 2 fully saturated rings. The third-order valence-corrected chi connectivity index (χ3v) is 5.69. The number of likely N-dealkylation sites (N-methyl/N-ethyl adjacent to an activating group) is 1. The van der Waals surface area contributed by atoms with E-state index in [2.05, 4.69) is 34.5 Å². The number of rotatable bonds is 4. The molecule has 0 bridgehead atoms. The first-order valence-electron chi connectivity index (χ1n) is 8.88. The summed E-state index contributed by atoms with van der Waals surface area (Å²) in [5, 5.41) is 10.2. The van der Waals surface area contributed by atoms with Gasteiger partial charge in [-0.05, 0) is 45.8 Å². The van der Waals surface area contributed by atoms with Gasteiger partial charge in [-0.2, -0.15) is 5.10 Å². The minimum atomic E-state index is 0.0160. The van der Waals surface area contributed by atoms with Gasteiger partial charge in [0.1, 0.15) is 0 Å². The Hall–Kier alpha value is -1.60. The number of piperidine rings is 1. The summed E-state index contributed by atoms with van der Waals surface area (Å²) in [5.74, 6) is 0.486. The quantitative estimate of drug-likeness (QED) is 0.872. The van der Waals surface area contributed by atoms with Crippen LogP contribution in [0.3, 0.4) is 0 Å². The molecule has 2 saturated heterocycles. The van der Waals surface area contributed by atoms with Gasteiger partial charge in [0.05, 0.1) is 0 Å². The normalized spacial score (nSPS) is 21.9. The molecule has 0 aliphatic carbocycles. The topological polar surface area (TPSA) is 73.5 Å². The van der Waals surface area contributed by atoms with E-state index in [0.717, 1.165) is 52.0 Å². The summed E-state index contributed by atoms with van der Waals surface area (Å²) >= 11 is 0. The fourth-order valence-corrected chi connectivity index (χ4v) is 3.77. The average molecular weight is 335 g/mol. The lowest BCUT2D eigenvalue weighted by atomic mass is 9.88. The van der Waals surface area contributed by atoms with E-state index in [1.165, 1.54) is 5.69 Å². The summed E-state index contributed by atoms with van der Waals surface area (Å²) in [7, 11) is 4.18. The molecule has 0 aromatic carbocycles. The number of nitrogens with zero attached hydrogens (tertiary/aromatic N) is 3. The van der Waals surface area contributed by atoms with Crippen LogP contribution in [0.4, 0.5) is 4.79 Å². The van der Waals surface area contributed by atoms with E-state index in [0.29, 0.717) is 12.5 Å². The predicted molar refractivity (Wildman–Crippen MR) is 92.0 cm³/mol. The Bertz CT molecular complexity index is 517. The van der Waals surface area contributed by atoms with E-state index in [1.807, 2.05) is 11.0 Å². The van der Waals surface area contributed by atoms with Crippen LogP contribution < -0.4 is 5.32 Å². The van der Waals surface area contributed by atoms with Gasteiger partial charge in [-0.1, -0.05) is 0 Å². The van der Waals surface area contributed by atoms with Crippen LogP contribution in [0.5, 0.6) is 0 Å². The van der Waals surface area contributed by atoms with Gasteiger partial charge in [0, 0.05) is 56.2 Å². The molecule has 2 aliphatic rings. The lowest BCUT2D eigenvalue weighted by molar-refractivity contribution is -0.00631. The van der Waals surface area contributed by atoms with Crippen LogP contribution >= 0.6 is 0 Å². The number of nitrogens with one attached hydrogen (secondary N) is 2. The Balaban J connectivity index is 1.49. The number of likely N-dealkylation sites (tertiary alicyclic amines) is 1. The van der Waals surface area contributed by atoms with E-state index in [9.17, 15) is 4.79 Å². The molecule has 1 aromatic rings. The Kier molecular flexibility index (Phi) is 5.40. The highest BCUT2D eigenvalue weighted by molar-refractivity contribution is 5.74. The van der Waals surface area contributed by atoms with Crippen molar-refractivity contribution in [2.75, 3.05) is 46.9 Å². The molecule has 0 unspecified atom stereocenters. The molecule has 7 nitrogen and oxygen atoms in total. The Morgan fingerprint density at radius 3 is 2.71 bits per heavy atom. The number of amides is 2. The molecular weight excluding hydrogens is 306 g/mol. The van der Waals surface area contributed by atoms with Crippen molar-refractivity contribution in [1.82, 2.24) is 25.3 Å². The van der Waals surface area contributed by atoms with Gasteiger partial charge in [-0.25, -0.2) is 4.79 Å². The van der Waals surface area contributed by atoms with Crippen LogP contribution in [0.25, 0.3) is 0 Å². The first-order valence-corrected chi connectivity index (χ1v) is 8.88. The second-order valence-electron chi connectivity index (χ2n) is 7.16. The number of aromatic nitrogens is 2. The average Bonchev–Trinajstić information content (AvgIpc) is 3.15. The van der Waals surface area contributed by atoms with Crippen molar-refractivity contribution in [3.05, 3.63) is 18.0 Å². The molecule has 3 rings (SSSR count). The maximum atomic E-state index is 12.5. The van der Waals surface area contributed by atoms with Crippen molar-refractivity contribution in [2.45, 2.75) is 37.1 Å². The maximum Gasteiger partial charge on any atom is 0.317 e. The number of hydrogen-bond acceptors (Lipinski definition) is 4. The van der Waals surface area contributed by atoms with Gasteiger partial charge >= 0.3 is 6.03 Å². The number of carbonyl (C=O) groups is 1. The Labute approximate surface area is 143 Å². The van der Waals surface area contributed by atoms with Crippen LogP contribution in [-0.4, -0.2) is 78.5 Å². The smallest absolute Gasteiger partial charge is 0.317 e. The minimum absolute atomic E-state index is 0.0160. The van der Waals surface area contributed by atoms with Crippen molar-refractivity contribution in [2.24, 2.45) is 0 Å². The van der Waals surface area contributed by atoms with Crippen LogP contribution in [0.2, 0.25) is 0 Å². The third-order valence-electron chi connectivity index (χ3n) is 5.69. The number of hydrogen-bond donors (Lipinski definition) is 2. The van der Waals surface area contributed by atoms with Crippen LogP contribution in [-0.2, 0) is 4.74 Å². The molecular formula is C17H29N5O2. The zero-order chi connectivity index (χ0) is 17.0. The SMILES string of the molecule is CN(C)C1(CNC(=O)N2CCC(c3ccn[nH]3)CC2)CCOCC1. The third kappa shape index (κ3) is 3.72. The van der Waals surface area contributed by atoms with E-state index in [4.69, 9.17) is 4.74 Å². The summed E-state index contributed by atoms with van der Waals surface area (Å²) in [6.45, 7) is 3.82. The maximum absolute atomic E-state index is 12.5. The van der Waals surface area contributed by atoms with Gasteiger partial charge in [0.2, 0.25) is 0 Å². The molecule has 24 heavy (non-hydrogen) atoms. The second kappa shape index (κ2) is 7.53. The predicted octanol–water partition coefficient (Wildman–Crippen LogP) is 1.41. The molecule has 0 radical (unpaired) electrons. The standard InChI is InChI=1S/C17H29N5O2/c1-21(2)17(6-11-24-12-7-17)13-18-16(23)22-9-4-14(5-10-22)15-3-8-19-20-15/h3,8,14H,4-7,9-13H2,1-2H3,(H,18,23)(H,19,20). The summed E-state index contributed by atoms with van der Waals surface area (Å²) in [6.07, 6.45) is 5.69. The highest BCUT2D eigenvalue weighted by atomic mass is 16.5. The van der Waals surface area contributed by atoms with Crippen molar-refractivity contribution in [3.63, 3.8) is 0 Å². The first-order chi connectivity index (χ1) is 11.6. The molecule has 2 amide bonds. The zero-order valence-corrected chi connectivity index (χ0v) is 14.8. The molecule has 3 heterocycles. The van der Waals surface area contributed by atoms with E-state index in [-0.39, 0.29) is 11.6 Å². The first kappa shape index (κ1) is 17.2. The highest BCUT2D eigenvalue weighted by Crippen LogP contribution is 2.27. The number of carbonyl (C=O) groups excluding carboxylic acids is 1. The molecule has 0 spiro atoms. The second-order valence-corrected chi connectivity index (χ2v) is 7.16. The Morgan fingerprint density at radius 2 is 2.12 bits per heavy atom. The molecule has 2 aliphatic heterocycles. The van der Waals surface area contributed by atoms with Crippen molar-refractivity contribution in [3.8, 4) is 0 Å². The number of ether oxygens (including phenoxy) is 1. The molecule has 0 saturated carbocycles. The van der Waals surface area contributed by atoms with E-state index < -0.39 is 0 Å². The van der Waals surface area contributed by atoms with Gasteiger partial charge in [0.15, 0.2) is 0 Å². The van der Waals surface area contributed by atoms with Crippen molar-refractivity contribution >= 4 is 6.03 Å². The monoisotopic (exact) mass is 335 g/mol. The highest BCUT2D eigenvalue weighted by Gasteiger charge is 2.35. The van der Waals surface area contributed by atoms with Crippen LogP contribution in [0.15, 0.2) is 12.3 Å². The summed E-state index contributed by atoms with van der Waals surface area (Å²) < 4.78 is 5.49. The fourth-order valence-electron chi connectivity index (χ4n) is 3.77. The largest absolute Gasteiger partial charge is 0.381 e. The van der Waals surface area contributed by atoms with Gasteiger partial charge in [0.25, 0.3) is 0 Å². The van der Waals surface area contributed by atoms with Crippen LogP contribution in [0, 0.1) is 0 Å². The van der Waals surface area contributed by atoms with E-state index in [1.54, 1.807) is 6.20 Å². The molecule has 0 atom stereocenters. The molecule has 2 N–H and O–H groups in total. The van der Waals surface area contributed by atoms with Gasteiger partial charge < -0.3 is 19.9 Å². The molecule has 1 aromatic heterocycles. The lowest BCUT2D eigenvalue weighted by Gasteiger charge is -2.43. The fraction of sp³-hybridized carbons (Fsp3) is 0.765. The number of H-pyrrole nitrogens is 1. The van der Waals surface area contributed by atoms with E-state index >= 15 is 0 Å². The number of urea groups is 1. The zero-order valence-electron chi connectivity index (χ0n) is 14.8. The summed E-state index contributed by atoms with van der Waals surface area (Å²) in [6, 6.07) is 2.10. The summed E-state index contributed by atoms with van der Waals surface area (Å²) in [5.41, 5.74) is 1.20. The lowest BCUT2D eigenvalue weighted by Crippen LogP contribution is -2.57. The van der Waals surface area contributed by atoms with Gasteiger partial charge in [-0.15, -0.1) is 0 Å². The Morgan fingerprint density at radius 1 is 1.42 bits per heavy atom. The van der Waals surface area contributed by atoms with Gasteiger partial charge in [-0.3, -0.25) is 5.10 Å². The van der Waals surface area contributed by atoms with Crippen molar-refractivity contribution < 1.29 is 9.53 Å². The minimum Gasteiger partial charge on any atom is -0.381 e. The molecule has 134 valence electrons.